The Balaban J connectivity index is 1.34. The minimum Gasteiger partial charge on any atom is -0.508 e. The summed E-state index contributed by atoms with van der Waals surface area (Å²) >= 11 is 0. The van der Waals surface area contributed by atoms with Crippen molar-refractivity contribution in [2.24, 2.45) is 5.92 Å². The number of rotatable bonds is 7. The normalized spacial score (nSPS) is 26.7. The number of benzene rings is 1. The number of phenolic OH excluding ortho intramolecular Hbond substituents is 1. The maximum Gasteiger partial charge on any atom is 0.208 e. The van der Waals surface area contributed by atoms with Crippen LogP contribution in [0.4, 0.5) is 5.82 Å². The zero-order valence-electron chi connectivity index (χ0n) is 18.6. The quantitative estimate of drug-likeness (QED) is 0.660. The molecule has 1 aliphatic heterocycles. The van der Waals surface area contributed by atoms with Crippen LogP contribution in [0, 0.1) is 5.92 Å². The van der Waals surface area contributed by atoms with E-state index in [9.17, 15) is 13.5 Å². The zero-order chi connectivity index (χ0) is 22.6. The summed E-state index contributed by atoms with van der Waals surface area (Å²) in [4.78, 5) is 6.68. The predicted octanol–water partition coefficient (Wildman–Crippen LogP) is 3.27. The second kappa shape index (κ2) is 10.2. The molecule has 1 unspecified atom stereocenters. The maximum atomic E-state index is 11.9. The van der Waals surface area contributed by atoms with Crippen LogP contribution in [0.2, 0.25) is 0 Å². The van der Waals surface area contributed by atoms with Gasteiger partial charge in [-0.3, -0.25) is 0 Å². The Morgan fingerprint density at radius 2 is 1.84 bits per heavy atom. The van der Waals surface area contributed by atoms with Gasteiger partial charge in [-0.05, 0) is 67.9 Å². The third-order valence-electron chi connectivity index (χ3n) is 6.66. The van der Waals surface area contributed by atoms with Crippen LogP contribution in [-0.4, -0.2) is 56.6 Å². The van der Waals surface area contributed by atoms with Gasteiger partial charge in [0.1, 0.15) is 11.6 Å². The summed E-state index contributed by atoms with van der Waals surface area (Å²) in [6, 6.07) is 13.3. The molecule has 2 atom stereocenters. The fraction of sp³-hybridized carbons (Fsp3) is 0.542. The van der Waals surface area contributed by atoms with Crippen LogP contribution in [0.5, 0.6) is 5.75 Å². The Morgan fingerprint density at radius 1 is 1.09 bits per heavy atom. The standard InChI is InChI=1S/C24H33N3O4S/c1-32(29,30)26-23-13-15-27(24-4-2-3-14-25-24)16-20(23)17-31-22-11-7-19(8-12-22)18-5-9-21(28)10-6-18/h2-6,9-10,14,19-20,22-23,26,28H,7-8,11-13,15-17H2,1H3/t19?,20?,22?,23-/m0/s1. The smallest absolute Gasteiger partial charge is 0.208 e. The number of hydrogen-bond acceptors (Lipinski definition) is 6. The highest BCUT2D eigenvalue weighted by Gasteiger charge is 2.33. The van der Waals surface area contributed by atoms with E-state index in [-0.39, 0.29) is 18.1 Å². The molecule has 1 saturated heterocycles. The summed E-state index contributed by atoms with van der Waals surface area (Å²) in [5, 5.41) is 9.50. The minimum absolute atomic E-state index is 0.0651. The summed E-state index contributed by atoms with van der Waals surface area (Å²) in [5.74, 6) is 1.79. The number of hydrogen-bond donors (Lipinski definition) is 2. The van der Waals surface area contributed by atoms with Crippen molar-refractivity contribution in [2.45, 2.75) is 50.2 Å². The lowest BCUT2D eigenvalue weighted by Crippen LogP contribution is -2.52. The molecule has 0 bridgehead atoms. The number of aromatic nitrogens is 1. The molecule has 2 aliphatic rings. The molecule has 32 heavy (non-hydrogen) atoms. The van der Waals surface area contributed by atoms with Crippen molar-refractivity contribution < 1.29 is 18.3 Å². The molecule has 2 heterocycles. The summed E-state index contributed by atoms with van der Waals surface area (Å²) < 4.78 is 33.0. The van der Waals surface area contributed by atoms with Gasteiger partial charge in [0.05, 0.1) is 19.0 Å². The third-order valence-corrected chi connectivity index (χ3v) is 7.39. The molecule has 8 heteroatoms. The predicted molar refractivity (Wildman–Crippen MR) is 125 cm³/mol. The minimum atomic E-state index is -3.28. The maximum absolute atomic E-state index is 11.9. The van der Waals surface area contributed by atoms with E-state index in [0.717, 1.165) is 44.5 Å². The molecule has 1 aromatic carbocycles. The Labute approximate surface area is 190 Å². The number of ether oxygens (including phenoxy) is 1. The Bertz CT molecular complexity index is 960. The molecule has 0 radical (unpaired) electrons. The first-order valence-electron chi connectivity index (χ1n) is 11.4. The van der Waals surface area contributed by atoms with Gasteiger partial charge in [0, 0.05) is 31.2 Å². The summed E-state index contributed by atoms with van der Waals surface area (Å²) in [6.45, 7) is 2.01. The lowest BCUT2D eigenvalue weighted by atomic mass is 9.82. The molecular formula is C24H33N3O4S. The van der Waals surface area contributed by atoms with Crippen molar-refractivity contribution in [3.63, 3.8) is 0 Å². The number of piperidine rings is 1. The van der Waals surface area contributed by atoms with E-state index in [2.05, 4.69) is 14.6 Å². The fourth-order valence-corrected chi connectivity index (χ4v) is 5.81. The average Bonchev–Trinajstić information content (AvgIpc) is 2.79. The van der Waals surface area contributed by atoms with Gasteiger partial charge in [-0.25, -0.2) is 18.1 Å². The van der Waals surface area contributed by atoms with E-state index < -0.39 is 10.0 Å². The van der Waals surface area contributed by atoms with Crippen molar-refractivity contribution in [1.29, 1.82) is 0 Å². The van der Waals surface area contributed by atoms with E-state index in [1.807, 2.05) is 30.3 Å². The molecule has 7 nitrogen and oxygen atoms in total. The molecule has 2 aromatic rings. The second-order valence-electron chi connectivity index (χ2n) is 9.08. The molecule has 1 saturated carbocycles. The molecule has 1 aromatic heterocycles. The van der Waals surface area contributed by atoms with Crippen LogP contribution in [-0.2, 0) is 14.8 Å². The van der Waals surface area contributed by atoms with Gasteiger partial charge in [0.2, 0.25) is 10.0 Å². The summed E-state index contributed by atoms with van der Waals surface area (Å²) in [7, 11) is -3.28. The molecule has 0 spiro atoms. The SMILES string of the molecule is CS(=O)(=O)N[C@H]1CCN(c2ccccn2)CC1COC1CCC(c2ccc(O)cc2)CC1. The lowest BCUT2D eigenvalue weighted by Gasteiger charge is -2.40. The van der Waals surface area contributed by atoms with Crippen molar-refractivity contribution in [3.05, 3.63) is 54.2 Å². The highest BCUT2D eigenvalue weighted by atomic mass is 32.2. The molecule has 1 aliphatic carbocycles. The lowest BCUT2D eigenvalue weighted by molar-refractivity contribution is -0.00213. The molecule has 0 amide bonds. The first-order chi connectivity index (χ1) is 15.4. The second-order valence-corrected chi connectivity index (χ2v) is 10.9. The first-order valence-corrected chi connectivity index (χ1v) is 13.3. The third kappa shape index (κ3) is 6.21. The van der Waals surface area contributed by atoms with E-state index in [4.69, 9.17) is 4.74 Å². The number of nitrogens with one attached hydrogen (secondary N) is 1. The highest BCUT2D eigenvalue weighted by molar-refractivity contribution is 7.88. The topological polar surface area (TPSA) is 91.8 Å². The van der Waals surface area contributed by atoms with Crippen molar-refractivity contribution in [2.75, 3.05) is 30.9 Å². The van der Waals surface area contributed by atoms with E-state index >= 15 is 0 Å². The van der Waals surface area contributed by atoms with Crippen LogP contribution in [0.15, 0.2) is 48.7 Å². The van der Waals surface area contributed by atoms with E-state index in [0.29, 0.717) is 24.8 Å². The molecule has 174 valence electrons. The molecule has 2 N–H and O–H groups in total. The van der Waals surface area contributed by atoms with Crippen molar-refractivity contribution >= 4 is 15.8 Å². The summed E-state index contributed by atoms with van der Waals surface area (Å²) in [5.41, 5.74) is 1.27. The summed E-state index contributed by atoms with van der Waals surface area (Å²) in [6.07, 6.45) is 8.04. The molecule has 4 rings (SSSR count). The zero-order valence-corrected chi connectivity index (χ0v) is 19.4. The molecular weight excluding hydrogens is 426 g/mol. The fourth-order valence-electron chi connectivity index (χ4n) is 4.95. The van der Waals surface area contributed by atoms with Crippen molar-refractivity contribution in [3.8, 4) is 5.75 Å². The average molecular weight is 460 g/mol. The number of phenols is 1. The Hall–Kier alpha value is -2.16. The van der Waals surface area contributed by atoms with Gasteiger partial charge in [0.25, 0.3) is 0 Å². The number of aromatic hydroxyl groups is 1. The Morgan fingerprint density at radius 3 is 2.50 bits per heavy atom. The van der Waals surface area contributed by atoms with Gasteiger partial charge in [-0.15, -0.1) is 0 Å². The van der Waals surface area contributed by atoms with Gasteiger partial charge in [-0.2, -0.15) is 0 Å². The molecule has 2 fully saturated rings. The number of anilines is 1. The van der Waals surface area contributed by atoms with Crippen LogP contribution < -0.4 is 9.62 Å². The van der Waals surface area contributed by atoms with Crippen molar-refractivity contribution in [1.82, 2.24) is 9.71 Å². The van der Waals surface area contributed by atoms with Gasteiger partial charge in [-0.1, -0.05) is 18.2 Å². The van der Waals surface area contributed by atoms with Gasteiger partial charge >= 0.3 is 0 Å². The van der Waals surface area contributed by atoms with Gasteiger partial charge < -0.3 is 14.7 Å². The number of nitrogens with zero attached hydrogens (tertiary/aromatic N) is 2. The number of pyridine rings is 1. The van der Waals surface area contributed by atoms with E-state index in [1.54, 1.807) is 18.3 Å². The number of sulfonamides is 1. The van der Waals surface area contributed by atoms with Crippen LogP contribution in [0.1, 0.15) is 43.6 Å². The monoisotopic (exact) mass is 459 g/mol. The van der Waals surface area contributed by atoms with Crippen LogP contribution in [0.3, 0.4) is 0 Å². The van der Waals surface area contributed by atoms with E-state index in [1.165, 1.54) is 11.8 Å². The highest BCUT2D eigenvalue weighted by Crippen LogP contribution is 2.35. The van der Waals surface area contributed by atoms with Gasteiger partial charge in [0.15, 0.2) is 0 Å². The first kappa shape index (κ1) is 23.0. The Kier molecular flexibility index (Phi) is 7.33. The largest absolute Gasteiger partial charge is 0.508 e. The van der Waals surface area contributed by atoms with Crippen LogP contribution in [0.25, 0.3) is 0 Å². The van der Waals surface area contributed by atoms with Crippen LogP contribution >= 0.6 is 0 Å².